The molecule has 0 aliphatic heterocycles. The van der Waals surface area contributed by atoms with Gasteiger partial charge in [-0.2, -0.15) is 30.7 Å². The lowest BCUT2D eigenvalue weighted by Crippen LogP contribution is -2.52. The molecule has 0 saturated carbocycles. The van der Waals surface area contributed by atoms with Crippen molar-refractivity contribution in [3.8, 4) is 0 Å². The van der Waals surface area contributed by atoms with Gasteiger partial charge >= 0.3 is 18.0 Å². The molecule has 0 fully saturated rings. The van der Waals surface area contributed by atoms with E-state index in [9.17, 15) is 52.7 Å². The van der Waals surface area contributed by atoms with E-state index >= 15 is 0 Å². The molecule has 0 heterocycles. The summed E-state index contributed by atoms with van der Waals surface area (Å²) >= 11 is 0. The van der Waals surface area contributed by atoms with Gasteiger partial charge in [0.15, 0.2) is 23.3 Å². The Kier molecular flexibility index (Phi) is 5.62. The maximum atomic E-state index is 13.5. The van der Waals surface area contributed by atoms with E-state index < -0.39 is 65.2 Å². The molecule has 0 bridgehead atoms. The smallest absolute Gasteiger partial charge is 0.376 e. The van der Waals surface area contributed by atoms with Crippen LogP contribution in [-0.2, 0) is 4.74 Å². The summed E-state index contributed by atoms with van der Waals surface area (Å²) in [6.45, 7) is 0. The second-order valence-electron chi connectivity index (χ2n) is 4.69. The first-order valence-electron chi connectivity index (χ1n) is 5.96. The van der Waals surface area contributed by atoms with Gasteiger partial charge in [-0.25, -0.2) is 22.0 Å². The minimum absolute atomic E-state index is 0.338. The van der Waals surface area contributed by atoms with Crippen LogP contribution >= 0.6 is 0 Å². The van der Waals surface area contributed by atoms with Crippen LogP contribution in [0.2, 0.25) is 0 Å². The molecule has 0 radical (unpaired) electrons. The monoisotopic (exact) mass is 394 g/mol. The lowest BCUT2D eigenvalue weighted by Gasteiger charge is -2.30. The molecule has 1 aromatic carbocycles. The molecule has 0 aliphatic carbocycles. The van der Waals surface area contributed by atoms with E-state index in [1.54, 1.807) is 0 Å². The lowest BCUT2D eigenvalue weighted by molar-refractivity contribution is -0.358. The van der Waals surface area contributed by atoms with E-state index in [1.165, 1.54) is 0 Å². The van der Waals surface area contributed by atoms with Crippen LogP contribution in [0.5, 0.6) is 0 Å². The summed E-state index contributed by atoms with van der Waals surface area (Å²) in [7, 11) is 0.338. The Bertz CT molecular complexity index is 621. The van der Waals surface area contributed by atoms with Crippen LogP contribution in [0.4, 0.5) is 52.7 Å². The van der Waals surface area contributed by atoms with Crippen LogP contribution < -0.4 is 0 Å². The third-order valence-corrected chi connectivity index (χ3v) is 3.11. The Labute approximate surface area is 131 Å². The molecule has 25 heavy (non-hydrogen) atoms. The van der Waals surface area contributed by atoms with Crippen molar-refractivity contribution in [2.45, 2.75) is 30.5 Å². The molecule has 1 atom stereocenters. The zero-order valence-corrected chi connectivity index (χ0v) is 11.7. The van der Waals surface area contributed by atoms with Crippen molar-refractivity contribution in [1.82, 2.24) is 0 Å². The van der Waals surface area contributed by atoms with Gasteiger partial charge in [0.05, 0.1) is 11.7 Å². The van der Waals surface area contributed by atoms with Crippen LogP contribution in [0.3, 0.4) is 0 Å². The van der Waals surface area contributed by atoms with Crippen LogP contribution in [0, 0.1) is 29.1 Å². The van der Waals surface area contributed by atoms with Gasteiger partial charge in [-0.05, 0) is 0 Å². The summed E-state index contributed by atoms with van der Waals surface area (Å²) in [5.74, 6) is -25.9. The van der Waals surface area contributed by atoms with Crippen LogP contribution in [0.1, 0.15) is 18.1 Å². The van der Waals surface area contributed by atoms with Crippen LogP contribution in [0.25, 0.3) is 0 Å². The molecule has 0 N–H and O–H groups in total. The highest BCUT2D eigenvalue weighted by atomic mass is 19.4. The average Bonchev–Trinajstić information content (AvgIpc) is 2.48. The van der Waals surface area contributed by atoms with Crippen molar-refractivity contribution >= 4 is 0 Å². The van der Waals surface area contributed by atoms with Gasteiger partial charge in [-0.1, -0.05) is 0 Å². The molecule has 1 rings (SSSR count). The van der Waals surface area contributed by atoms with Crippen LogP contribution in [0.15, 0.2) is 0 Å². The predicted octanol–water partition coefficient (Wildman–Crippen LogP) is 5.29. The number of alkyl halides is 7. The lowest BCUT2D eigenvalue weighted by atomic mass is 9.97. The van der Waals surface area contributed by atoms with E-state index in [0.29, 0.717) is 7.11 Å². The third kappa shape index (κ3) is 3.51. The topological polar surface area (TPSA) is 9.23 Å². The highest BCUT2D eigenvalue weighted by molar-refractivity contribution is 5.26. The number of hydrogen-bond acceptors (Lipinski definition) is 1. The number of rotatable bonds is 5. The molecule has 1 aromatic rings. The fourth-order valence-electron chi connectivity index (χ4n) is 1.78. The van der Waals surface area contributed by atoms with Gasteiger partial charge in [0.1, 0.15) is 0 Å². The first-order valence-corrected chi connectivity index (χ1v) is 5.96. The van der Waals surface area contributed by atoms with Gasteiger partial charge in [0.25, 0.3) is 0 Å². The molecule has 0 aliphatic rings. The zero-order chi connectivity index (χ0) is 20.0. The summed E-state index contributed by atoms with van der Waals surface area (Å²) in [4.78, 5) is 0. The average molecular weight is 394 g/mol. The number of hydrogen-bond donors (Lipinski definition) is 0. The standard InChI is InChI=1S/C12H6F12O/c1-25-3(2-10(18,19)11(20,21)12(22,23)24)4-5(13)7(15)9(17)8(16)6(4)14/h3H,2H2,1H3. The van der Waals surface area contributed by atoms with Crippen molar-refractivity contribution < 1.29 is 57.4 Å². The minimum Gasteiger partial charge on any atom is -0.376 e. The van der Waals surface area contributed by atoms with Gasteiger partial charge in [-0.3, -0.25) is 0 Å². The maximum absolute atomic E-state index is 13.5. The molecule has 0 spiro atoms. The maximum Gasteiger partial charge on any atom is 0.459 e. The molecule has 0 saturated heterocycles. The third-order valence-electron chi connectivity index (χ3n) is 3.11. The highest BCUT2D eigenvalue weighted by Crippen LogP contribution is 2.50. The first-order chi connectivity index (χ1) is 11.1. The molecular formula is C12H6F12O. The van der Waals surface area contributed by atoms with Gasteiger partial charge < -0.3 is 4.74 Å². The highest BCUT2D eigenvalue weighted by Gasteiger charge is 2.73. The number of ether oxygens (including phenoxy) is 1. The summed E-state index contributed by atoms with van der Waals surface area (Å²) in [6.07, 6.45) is -12.5. The van der Waals surface area contributed by atoms with Crippen molar-refractivity contribution in [2.24, 2.45) is 0 Å². The summed E-state index contributed by atoms with van der Waals surface area (Å²) < 4.78 is 158. The summed E-state index contributed by atoms with van der Waals surface area (Å²) in [6, 6.07) is 0. The summed E-state index contributed by atoms with van der Waals surface area (Å²) in [5, 5.41) is 0. The Morgan fingerprint density at radius 1 is 0.720 bits per heavy atom. The predicted molar refractivity (Wildman–Crippen MR) is 56.5 cm³/mol. The molecule has 13 heteroatoms. The number of halogens is 12. The first kappa shape index (κ1) is 21.4. The van der Waals surface area contributed by atoms with Crippen LogP contribution in [-0.4, -0.2) is 25.1 Å². The zero-order valence-electron chi connectivity index (χ0n) is 11.7. The number of benzene rings is 1. The van der Waals surface area contributed by atoms with E-state index in [2.05, 4.69) is 4.74 Å². The SMILES string of the molecule is COC(CC(F)(F)C(F)(F)C(F)(F)F)c1c(F)c(F)c(F)c(F)c1F. The van der Waals surface area contributed by atoms with Crippen molar-refractivity contribution in [3.05, 3.63) is 34.6 Å². The molecule has 1 nitrogen and oxygen atoms in total. The minimum atomic E-state index is -6.74. The largest absolute Gasteiger partial charge is 0.459 e. The second kappa shape index (κ2) is 6.57. The van der Waals surface area contributed by atoms with Crippen molar-refractivity contribution in [1.29, 1.82) is 0 Å². The Hall–Kier alpha value is -1.66. The molecule has 1 unspecified atom stereocenters. The normalized spacial score (nSPS) is 14.8. The fraction of sp³-hybridized carbons (Fsp3) is 0.500. The van der Waals surface area contributed by atoms with Crippen molar-refractivity contribution in [3.63, 3.8) is 0 Å². The Balaban J connectivity index is 3.44. The van der Waals surface area contributed by atoms with Gasteiger partial charge in [0.2, 0.25) is 5.82 Å². The number of methoxy groups -OCH3 is 1. The molecule has 0 amide bonds. The Morgan fingerprint density at radius 2 is 1.08 bits per heavy atom. The summed E-state index contributed by atoms with van der Waals surface area (Å²) in [5.41, 5.74) is -2.10. The molecule has 0 aromatic heterocycles. The van der Waals surface area contributed by atoms with E-state index in [1.807, 2.05) is 0 Å². The van der Waals surface area contributed by atoms with Crippen molar-refractivity contribution in [2.75, 3.05) is 7.11 Å². The molecular weight excluding hydrogens is 388 g/mol. The fourth-order valence-corrected chi connectivity index (χ4v) is 1.78. The quantitative estimate of drug-likeness (QED) is 0.375. The van der Waals surface area contributed by atoms with Gasteiger partial charge in [0, 0.05) is 13.5 Å². The van der Waals surface area contributed by atoms with E-state index in [4.69, 9.17) is 0 Å². The van der Waals surface area contributed by atoms with E-state index in [-0.39, 0.29) is 0 Å². The van der Waals surface area contributed by atoms with Gasteiger partial charge in [-0.15, -0.1) is 0 Å². The molecule has 144 valence electrons. The second-order valence-corrected chi connectivity index (χ2v) is 4.69. The Morgan fingerprint density at radius 3 is 1.40 bits per heavy atom. The van der Waals surface area contributed by atoms with E-state index in [0.717, 1.165) is 0 Å².